The van der Waals surface area contributed by atoms with Crippen LogP contribution in [0, 0.1) is 0 Å². The number of nitrogens with zero attached hydrogens (tertiary/aromatic N) is 3. The first kappa shape index (κ1) is 23.6. The number of aromatic nitrogens is 2. The number of anilines is 1. The molecule has 6 nitrogen and oxygen atoms in total. The Morgan fingerprint density at radius 3 is 2.53 bits per heavy atom. The van der Waals surface area contributed by atoms with E-state index < -0.39 is 43.0 Å². The molecule has 1 aliphatic rings. The van der Waals surface area contributed by atoms with Gasteiger partial charge in [0.2, 0.25) is 0 Å². The van der Waals surface area contributed by atoms with Crippen LogP contribution in [0.15, 0.2) is 54.9 Å². The molecule has 0 saturated heterocycles. The van der Waals surface area contributed by atoms with Crippen molar-refractivity contribution in [1.82, 2.24) is 14.9 Å². The Kier molecular flexibility index (Phi) is 5.42. The van der Waals surface area contributed by atoms with Crippen molar-refractivity contribution >= 4 is 33.4 Å². The Morgan fingerprint density at radius 1 is 1.03 bits per heavy atom. The lowest BCUT2D eigenvalue weighted by atomic mass is 10.0. The SMILES string of the molecule is Nc1nc2ccc(C(=O)N(CC(F)(F)F)C3COc4cc(C(F)(F)F)ccc43)cc2c2cnccc12. The fourth-order valence-corrected chi connectivity index (χ4v) is 4.31. The number of ether oxygens (including phenoxy) is 1. The Balaban J connectivity index is 1.58. The highest BCUT2D eigenvalue weighted by atomic mass is 19.4. The predicted molar refractivity (Wildman–Crippen MR) is 118 cm³/mol. The zero-order valence-corrected chi connectivity index (χ0v) is 18.2. The Bertz CT molecular complexity index is 1500. The third-order valence-electron chi connectivity index (χ3n) is 5.95. The van der Waals surface area contributed by atoms with Crippen molar-refractivity contribution < 1.29 is 35.9 Å². The number of carbonyl (C=O) groups excluding carboxylic acids is 1. The number of halogens is 6. The van der Waals surface area contributed by atoms with Gasteiger partial charge in [-0.3, -0.25) is 9.78 Å². The van der Waals surface area contributed by atoms with Crippen LogP contribution in [0.1, 0.15) is 27.5 Å². The Morgan fingerprint density at radius 2 is 1.81 bits per heavy atom. The lowest BCUT2D eigenvalue weighted by molar-refractivity contribution is -0.145. The first-order valence-electron chi connectivity index (χ1n) is 10.6. The van der Waals surface area contributed by atoms with Gasteiger partial charge in [-0.15, -0.1) is 0 Å². The summed E-state index contributed by atoms with van der Waals surface area (Å²) in [6, 6.07) is 7.09. The number of alkyl halides is 6. The summed E-state index contributed by atoms with van der Waals surface area (Å²) in [5.74, 6) is -0.954. The van der Waals surface area contributed by atoms with E-state index in [9.17, 15) is 31.1 Å². The monoisotopic (exact) mass is 506 g/mol. The topological polar surface area (TPSA) is 81.3 Å². The maximum absolute atomic E-state index is 13.5. The van der Waals surface area contributed by atoms with Gasteiger partial charge in [-0.05, 0) is 36.4 Å². The van der Waals surface area contributed by atoms with Gasteiger partial charge in [0.25, 0.3) is 5.91 Å². The number of nitrogens with two attached hydrogens (primary N) is 1. The molecule has 36 heavy (non-hydrogen) atoms. The van der Waals surface area contributed by atoms with Crippen LogP contribution in [0.5, 0.6) is 5.75 Å². The van der Waals surface area contributed by atoms with E-state index in [1.807, 2.05) is 0 Å². The fourth-order valence-electron chi connectivity index (χ4n) is 4.31. The zero-order valence-electron chi connectivity index (χ0n) is 18.2. The molecule has 12 heteroatoms. The van der Waals surface area contributed by atoms with Crippen LogP contribution >= 0.6 is 0 Å². The molecule has 1 unspecified atom stereocenters. The van der Waals surface area contributed by atoms with Crippen molar-refractivity contribution in [3.63, 3.8) is 0 Å². The lowest BCUT2D eigenvalue weighted by Gasteiger charge is -2.29. The molecule has 0 aliphatic carbocycles. The van der Waals surface area contributed by atoms with Gasteiger partial charge in [0.1, 0.15) is 24.7 Å². The van der Waals surface area contributed by atoms with Crippen LogP contribution in [-0.4, -0.2) is 40.1 Å². The molecule has 0 spiro atoms. The molecule has 1 aliphatic heterocycles. The number of pyridine rings is 2. The molecule has 2 aromatic carbocycles. The molecule has 1 amide bonds. The maximum Gasteiger partial charge on any atom is 0.416 e. The van der Waals surface area contributed by atoms with Gasteiger partial charge in [0, 0.05) is 39.7 Å². The number of nitrogen functional groups attached to an aromatic ring is 1. The molecular formula is C24H16F6N4O2. The second-order valence-corrected chi connectivity index (χ2v) is 8.28. The minimum atomic E-state index is -4.77. The van der Waals surface area contributed by atoms with Crippen molar-refractivity contribution in [3.05, 3.63) is 71.5 Å². The molecule has 2 N–H and O–H groups in total. The second-order valence-electron chi connectivity index (χ2n) is 8.28. The van der Waals surface area contributed by atoms with E-state index in [1.54, 1.807) is 6.07 Å². The van der Waals surface area contributed by atoms with E-state index in [2.05, 4.69) is 9.97 Å². The molecule has 0 fully saturated rings. The quantitative estimate of drug-likeness (QED) is 0.292. The molecule has 1 atom stereocenters. The van der Waals surface area contributed by atoms with Gasteiger partial charge in [-0.25, -0.2) is 4.98 Å². The number of carbonyl (C=O) groups is 1. The summed E-state index contributed by atoms with van der Waals surface area (Å²) in [6.07, 6.45) is -6.41. The van der Waals surface area contributed by atoms with Crippen LogP contribution < -0.4 is 10.5 Å². The summed E-state index contributed by atoms with van der Waals surface area (Å²) in [7, 11) is 0. The van der Waals surface area contributed by atoms with Gasteiger partial charge in [-0.1, -0.05) is 6.07 Å². The predicted octanol–water partition coefficient (Wildman–Crippen LogP) is 5.52. The van der Waals surface area contributed by atoms with Crippen LogP contribution in [0.4, 0.5) is 32.2 Å². The van der Waals surface area contributed by atoms with E-state index in [0.717, 1.165) is 18.2 Å². The smallest absolute Gasteiger partial charge is 0.416 e. The Labute approximate surface area is 199 Å². The van der Waals surface area contributed by atoms with Crippen molar-refractivity contribution in [2.75, 3.05) is 18.9 Å². The average molecular weight is 506 g/mol. The van der Waals surface area contributed by atoms with E-state index in [4.69, 9.17) is 10.5 Å². The van der Waals surface area contributed by atoms with Crippen LogP contribution in [0.2, 0.25) is 0 Å². The fraction of sp³-hybridized carbons (Fsp3) is 0.208. The van der Waals surface area contributed by atoms with Gasteiger partial charge in [-0.2, -0.15) is 26.3 Å². The molecule has 186 valence electrons. The first-order valence-corrected chi connectivity index (χ1v) is 10.6. The molecular weight excluding hydrogens is 490 g/mol. The van der Waals surface area contributed by atoms with Gasteiger partial charge >= 0.3 is 12.4 Å². The van der Waals surface area contributed by atoms with Gasteiger partial charge < -0.3 is 15.4 Å². The number of fused-ring (bicyclic) bond motifs is 4. The molecule has 0 bridgehead atoms. The highest BCUT2D eigenvalue weighted by Gasteiger charge is 2.41. The minimum Gasteiger partial charge on any atom is -0.491 e. The second kappa shape index (κ2) is 8.25. The highest BCUT2D eigenvalue weighted by molar-refractivity contribution is 6.11. The third-order valence-corrected chi connectivity index (χ3v) is 5.95. The number of hydrogen-bond acceptors (Lipinski definition) is 5. The molecule has 4 aromatic rings. The average Bonchev–Trinajstić information content (AvgIpc) is 3.24. The summed E-state index contributed by atoms with van der Waals surface area (Å²) in [6.45, 7) is -2.04. The third kappa shape index (κ3) is 4.23. The summed E-state index contributed by atoms with van der Waals surface area (Å²) < 4.78 is 85.0. The standard InChI is InChI=1S/C24H16F6N4O2/c25-23(26,27)11-34(19-10-36-20-8-13(24(28,29)30)2-3-15(19)20)22(35)12-1-4-18-16(7-12)17-9-32-6-5-14(17)21(31)33-18/h1-9,19H,10-11H2,(H2,31,33). The van der Waals surface area contributed by atoms with Crippen LogP contribution in [0.3, 0.4) is 0 Å². The molecule has 5 rings (SSSR count). The van der Waals surface area contributed by atoms with Crippen molar-refractivity contribution in [2.45, 2.75) is 18.4 Å². The first-order chi connectivity index (χ1) is 16.9. The summed E-state index contributed by atoms with van der Waals surface area (Å²) in [4.78, 5) is 22.3. The molecule has 2 aromatic heterocycles. The van der Waals surface area contributed by atoms with Crippen molar-refractivity contribution in [1.29, 1.82) is 0 Å². The number of rotatable bonds is 3. The van der Waals surface area contributed by atoms with Crippen LogP contribution in [-0.2, 0) is 6.18 Å². The molecule has 0 saturated carbocycles. The largest absolute Gasteiger partial charge is 0.491 e. The normalized spacial score (nSPS) is 15.7. The lowest BCUT2D eigenvalue weighted by Crippen LogP contribution is -2.42. The van der Waals surface area contributed by atoms with E-state index in [1.165, 1.54) is 30.6 Å². The number of hydrogen-bond donors (Lipinski definition) is 1. The zero-order chi connectivity index (χ0) is 25.8. The van der Waals surface area contributed by atoms with Gasteiger partial charge in [0.05, 0.1) is 17.1 Å². The van der Waals surface area contributed by atoms with Crippen molar-refractivity contribution in [3.8, 4) is 5.75 Å². The van der Waals surface area contributed by atoms with Crippen LogP contribution in [0.25, 0.3) is 21.7 Å². The summed E-state index contributed by atoms with van der Waals surface area (Å²) >= 11 is 0. The van der Waals surface area contributed by atoms with Gasteiger partial charge in [0.15, 0.2) is 0 Å². The number of amides is 1. The highest BCUT2D eigenvalue weighted by Crippen LogP contribution is 2.42. The molecule has 3 heterocycles. The maximum atomic E-state index is 13.5. The van der Waals surface area contributed by atoms with E-state index >= 15 is 0 Å². The minimum absolute atomic E-state index is 0.0606. The number of benzene rings is 2. The molecule has 0 radical (unpaired) electrons. The summed E-state index contributed by atoms with van der Waals surface area (Å²) in [5, 5.41) is 1.59. The van der Waals surface area contributed by atoms with E-state index in [-0.39, 0.29) is 22.7 Å². The Hall–Kier alpha value is -4.09. The summed E-state index contributed by atoms with van der Waals surface area (Å²) in [5.41, 5.74) is 5.39. The van der Waals surface area contributed by atoms with E-state index in [0.29, 0.717) is 26.6 Å². The van der Waals surface area contributed by atoms with Crippen molar-refractivity contribution in [2.24, 2.45) is 0 Å².